The molecule has 2 heterocycles. The number of fused-ring (bicyclic) bond motifs is 1. The Kier molecular flexibility index (Phi) is 4.11. The molecule has 0 unspecified atom stereocenters. The summed E-state index contributed by atoms with van der Waals surface area (Å²) in [6.07, 6.45) is 0.947. The van der Waals surface area contributed by atoms with Gasteiger partial charge in [0.2, 0.25) is 11.8 Å². The van der Waals surface area contributed by atoms with E-state index in [4.69, 9.17) is 4.42 Å². The van der Waals surface area contributed by atoms with Crippen molar-refractivity contribution in [3.05, 3.63) is 36.1 Å². The summed E-state index contributed by atoms with van der Waals surface area (Å²) in [6, 6.07) is 9.64. The minimum Gasteiger partial charge on any atom is -0.459 e. The zero-order chi connectivity index (χ0) is 16.6. The van der Waals surface area contributed by atoms with Crippen LogP contribution >= 0.6 is 0 Å². The van der Waals surface area contributed by atoms with Crippen molar-refractivity contribution in [2.45, 2.75) is 38.8 Å². The van der Waals surface area contributed by atoms with Gasteiger partial charge in [-0.25, -0.2) is 0 Å². The first-order chi connectivity index (χ1) is 11.0. The van der Waals surface area contributed by atoms with Crippen molar-refractivity contribution in [3.8, 4) is 0 Å². The zero-order valence-electron chi connectivity index (χ0n) is 13.7. The van der Waals surface area contributed by atoms with Gasteiger partial charge in [-0.2, -0.15) is 0 Å². The van der Waals surface area contributed by atoms with Crippen LogP contribution in [0.4, 0.5) is 0 Å². The third-order valence-corrected chi connectivity index (χ3v) is 4.61. The summed E-state index contributed by atoms with van der Waals surface area (Å²) < 4.78 is 5.86. The van der Waals surface area contributed by atoms with Crippen LogP contribution in [0.1, 0.15) is 38.5 Å². The summed E-state index contributed by atoms with van der Waals surface area (Å²) >= 11 is 0. The second kappa shape index (κ2) is 6.07. The van der Waals surface area contributed by atoms with Gasteiger partial charge in [-0.05, 0) is 32.4 Å². The van der Waals surface area contributed by atoms with E-state index >= 15 is 0 Å². The average molecular weight is 314 g/mol. The average Bonchev–Trinajstić information content (AvgIpc) is 2.95. The van der Waals surface area contributed by atoms with Gasteiger partial charge < -0.3 is 14.6 Å². The van der Waals surface area contributed by atoms with E-state index in [1.165, 1.54) is 0 Å². The molecule has 0 bridgehead atoms. The molecule has 0 saturated carbocycles. The van der Waals surface area contributed by atoms with Crippen molar-refractivity contribution >= 4 is 22.8 Å². The fraction of sp³-hybridized carbons (Fsp3) is 0.444. The topological polar surface area (TPSA) is 62.6 Å². The van der Waals surface area contributed by atoms with E-state index in [1.807, 2.05) is 44.2 Å². The van der Waals surface area contributed by atoms with Gasteiger partial charge in [0.15, 0.2) is 0 Å². The van der Waals surface area contributed by atoms with Crippen molar-refractivity contribution in [2.75, 3.05) is 7.05 Å². The molecule has 0 aliphatic carbocycles. The fourth-order valence-corrected chi connectivity index (χ4v) is 3.19. The van der Waals surface area contributed by atoms with Crippen LogP contribution in [0.25, 0.3) is 11.0 Å². The Hall–Kier alpha value is -2.30. The van der Waals surface area contributed by atoms with Crippen molar-refractivity contribution < 1.29 is 14.0 Å². The van der Waals surface area contributed by atoms with E-state index in [0.29, 0.717) is 6.42 Å². The van der Waals surface area contributed by atoms with Crippen molar-refractivity contribution in [1.29, 1.82) is 0 Å². The van der Waals surface area contributed by atoms with Gasteiger partial charge in [0.05, 0.1) is 6.04 Å². The lowest BCUT2D eigenvalue weighted by Crippen LogP contribution is -2.46. The van der Waals surface area contributed by atoms with Gasteiger partial charge in [0.25, 0.3) is 0 Å². The molecule has 0 spiro atoms. The van der Waals surface area contributed by atoms with Crippen LogP contribution in [0.2, 0.25) is 0 Å². The lowest BCUT2D eigenvalue weighted by Gasteiger charge is -2.32. The number of hydrogen-bond donors (Lipinski definition) is 1. The number of furan rings is 1. The van der Waals surface area contributed by atoms with Crippen LogP contribution in [0, 0.1) is 5.92 Å². The van der Waals surface area contributed by atoms with E-state index < -0.39 is 0 Å². The number of amides is 2. The van der Waals surface area contributed by atoms with Gasteiger partial charge in [-0.3, -0.25) is 9.59 Å². The number of piperidine rings is 1. The molecule has 5 heteroatoms. The molecule has 1 N–H and O–H groups in total. The summed E-state index contributed by atoms with van der Waals surface area (Å²) in [5.41, 5.74) is 0.820. The lowest BCUT2D eigenvalue weighted by atomic mass is 9.91. The molecule has 1 saturated heterocycles. The monoisotopic (exact) mass is 314 g/mol. The Morgan fingerprint density at radius 3 is 2.83 bits per heavy atom. The molecule has 2 aromatic rings. The van der Waals surface area contributed by atoms with E-state index in [1.54, 1.807) is 11.9 Å². The Morgan fingerprint density at radius 2 is 2.13 bits per heavy atom. The minimum atomic E-state index is -0.254. The summed E-state index contributed by atoms with van der Waals surface area (Å²) in [6.45, 7) is 3.88. The molecule has 0 radical (unpaired) electrons. The van der Waals surface area contributed by atoms with Gasteiger partial charge in [-0.1, -0.05) is 18.2 Å². The Balaban J connectivity index is 1.77. The van der Waals surface area contributed by atoms with Gasteiger partial charge in [0, 0.05) is 30.8 Å². The highest BCUT2D eigenvalue weighted by molar-refractivity contribution is 5.87. The molecular formula is C18H22N2O3. The van der Waals surface area contributed by atoms with E-state index in [9.17, 15) is 9.59 Å². The molecule has 3 atom stereocenters. The van der Waals surface area contributed by atoms with Crippen molar-refractivity contribution in [1.82, 2.24) is 10.2 Å². The van der Waals surface area contributed by atoms with Crippen LogP contribution in [0.3, 0.4) is 0 Å². The second-order valence-electron chi connectivity index (χ2n) is 6.42. The molecule has 1 aromatic heterocycles. The van der Waals surface area contributed by atoms with Crippen LogP contribution in [0.15, 0.2) is 34.7 Å². The number of nitrogens with one attached hydrogen (secondary N) is 1. The Bertz CT molecular complexity index is 704. The van der Waals surface area contributed by atoms with E-state index in [2.05, 4.69) is 5.32 Å². The van der Waals surface area contributed by atoms with Crippen LogP contribution < -0.4 is 5.32 Å². The van der Waals surface area contributed by atoms with Gasteiger partial charge >= 0.3 is 0 Å². The van der Waals surface area contributed by atoms with Crippen molar-refractivity contribution in [2.24, 2.45) is 5.92 Å². The number of carbonyl (C=O) groups is 2. The SMILES string of the molecule is C[C@@H]1C[C@H](C(=O)N(C)[C@H](C)c2cc3ccccc3o2)CC(=O)N1. The van der Waals surface area contributed by atoms with Crippen LogP contribution in [-0.2, 0) is 9.59 Å². The number of para-hydroxylation sites is 1. The summed E-state index contributed by atoms with van der Waals surface area (Å²) in [5.74, 6) is 0.456. The maximum atomic E-state index is 12.7. The number of rotatable bonds is 3. The quantitative estimate of drug-likeness (QED) is 0.947. The third-order valence-electron chi connectivity index (χ3n) is 4.61. The molecule has 122 valence electrons. The molecule has 2 amide bonds. The molecule has 1 aliphatic heterocycles. The molecular weight excluding hydrogens is 292 g/mol. The standard InChI is InChI=1S/C18H22N2O3/c1-11-8-14(10-17(21)19-11)18(22)20(3)12(2)16-9-13-6-4-5-7-15(13)23-16/h4-7,9,11-12,14H,8,10H2,1-3H3,(H,19,21)/t11-,12-,14+/m1/s1. The molecule has 23 heavy (non-hydrogen) atoms. The van der Waals surface area contributed by atoms with Crippen LogP contribution in [0.5, 0.6) is 0 Å². The highest BCUT2D eigenvalue weighted by atomic mass is 16.3. The first-order valence-electron chi connectivity index (χ1n) is 8.00. The lowest BCUT2D eigenvalue weighted by molar-refractivity contribution is -0.141. The van der Waals surface area contributed by atoms with E-state index in [0.717, 1.165) is 16.7 Å². The fourth-order valence-electron chi connectivity index (χ4n) is 3.19. The summed E-state index contributed by atoms with van der Waals surface area (Å²) in [7, 11) is 1.78. The molecule has 1 fully saturated rings. The second-order valence-corrected chi connectivity index (χ2v) is 6.42. The maximum absolute atomic E-state index is 12.7. The third kappa shape index (κ3) is 3.09. The zero-order valence-corrected chi connectivity index (χ0v) is 13.7. The minimum absolute atomic E-state index is 0.000318. The normalized spacial score (nSPS) is 22.7. The number of nitrogens with zero attached hydrogens (tertiary/aromatic N) is 1. The Labute approximate surface area is 135 Å². The molecule has 3 rings (SSSR count). The Morgan fingerprint density at radius 1 is 1.39 bits per heavy atom. The summed E-state index contributed by atoms with van der Waals surface area (Å²) in [5, 5.41) is 3.88. The maximum Gasteiger partial charge on any atom is 0.226 e. The summed E-state index contributed by atoms with van der Waals surface area (Å²) in [4.78, 5) is 26.1. The number of benzene rings is 1. The highest BCUT2D eigenvalue weighted by Crippen LogP contribution is 2.29. The smallest absolute Gasteiger partial charge is 0.226 e. The highest BCUT2D eigenvalue weighted by Gasteiger charge is 2.33. The largest absolute Gasteiger partial charge is 0.459 e. The molecule has 1 aromatic carbocycles. The predicted molar refractivity (Wildman–Crippen MR) is 87.7 cm³/mol. The first kappa shape index (κ1) is 15.6. The van der Waals surface area contributed by atoms with E-state index in [-0.39, 0.29) is 36.2 Å². The molecule has 1 aliphatic rings. The van der Waals surface area contributed by atoms with Gasteiger partial charge in [0.1, 0.15) is 11.3 Å². The van der Waals surface area contributed by atoms with Crippen molar-refractivity contribution in [3.63, 3.8) is 0 Å². The predicted octanol–water partition coefficient (Wildman–Crippen LogP) is 2.87. The first-order valence-corrected chi connectivity index (χ1v) is 8.00. The number of hydrogen-bond acceptors (Lipinski definition) is 3. The molecule has 5 nitrogen and oxygen atoms in total. The number of carbonyl (C=O) groups excluding carboxylic acids is 2. The van der Waals surface area contributed by atoms with Gasteiger partial charge in [-0.15, -0.1) is 0 Å². The van der Waals surface area contributed by atoms with Crippen LogP contribution in [-0.4, -0.2) is 29.8 Å².